The van der Waals surface area contributed by atoms with Crippen molar-refractivity contribution in [3.8, 4) is 0 Å². The molecule has 1 N–H and O–H groups in total. The molecule has 0 spiro atoms. The van der Waals surface area contributed by atoms with Gasteiger partial charge in [0, 0.05) is 24.2 Å². The molecule has 1 saturated heterocycles. The van der Waals surface area contributed by atoms with Gasteiger partial charge in [-0.3, -0.25) is 9.59 Å². The van der Waals surface area contributed by atoms with Gasteiger partial charge in [-0.15, -0.1) is 0 Å². The molecule has 0 aromatic carbocycles. The third kappa shape index (κ3) is 2.43. The van der Waals surface area contributed by atoms with Gasteiger partial charge in [0.25, 0.3) is 0 Å². The number of hydrogen-bond donors (Lipinski definition) is 1. The van der Waals surface area contributed by atoms with E-state index in [0.717, 1.165) is 30.4 Å². The van der Waals surface area contributed by atoms with Crippen molar-refractivity contribution >= 4 is 11.8 Å². The fourth-order valence-electron chi connectivity index (χ4n) is 6.09. The molecule has 5 heteroatoms. The van der Waals surface area contributed by atoms with Crippen LogP contribution in [-0.2, 0) is 19.1 Å². The predicted molar refractivity (Wildman–Crippen MR) is 95.3 cm³/mol. The molecule has 0 aromatic heterocycles. The van der Waals surface area contributed by atoms with Gasteiger partial charge >= 0.3 is 5.97 Å². The number of allylic oxidation sites excluding steroid dienone is 1. The molecular weight excluding hydrogens is 332 g/mol. The van der Waals surface area contributed by atoms with Crippen LogP contribution in [0.4, 0.5) is 0 Å². The van der Waals surface area contributed by atoms with E-state index >= 15 is 0 Å². The minimum atomic E-state index is -0.888. The first kappa shape index (κ1) is 18.2. The largest absolute Gasteiger partial charge is 0.450 e. The fraction of sp³-hybridized carbons (Fsp3) is 0.810. The van der Waals surface area contributed by atoms with Gasteiger partial charge in [-0.05, 0) is 50.5 Å². The van der Waals surface area contributed by atoms with Crippen LogP contribution < -0.4 is 0 Å². The van der Waals surface area contributed by atoms with Crippen LogP contribution in [0.1, 0.15) is 59.8 Å². The van der Waals surface area contributed by atoms with Crippen molar-refractivity contribution in [2.24, 2.45) is 23.2 Å². The van der Waals surface area contributed by atoms with Gasteiger partial charge < -0.3 is 14.6 Å². The third-order valence-electron chi connectivity index (χ3n) is 7.76. The zero-order valence-corrected chi connectivity index (χ0v) is 16.2. The van der Waals surface area contributed by atoms with Crippen molar-refractivity contribution in [1.82, 2.24) is 0 Å². The Labute approximate surface area is 155 Å². The van der Waals surface area contributed by atoms with Crippen LogP contribution >= 0.6 is 0 Å². The van der Waals surface area contributed by atoms with E-state index in [0.29, 0.717) is 25.4 Å². The van der Waals surface area contributed by atoms with Crippen molar-refractivity contribution < 1.29 is 24.2 Å². The zero-order valence-electron chi connectivity index (χ0n) is 16.2. The van der Waals surface area contributed by atoms with Crippen LogP contribution in [0.15, 0.2) is 11.1 Å². The average Bonchev–Trinajstić information content (AvgIpc) is 2.51. The minimum Gasteiger partial charge on any atom is -0.450 e. The van der Waals surface area contributed by atoms with E-state index < -0.39 is 23.1 Å². The van der Waals surface area contributed by atoms with E-state index in [4.69, 9.17) is 9.47 Å². The summed E-state index contributed by atoms with van der Waals surface area (Å²) in [6.07, 6.45) is 3.06. The molecule has 2 unspecified atom stereocenters. The quantitative estimate of drug-likeness (QED) is 0.574. The molecule has 4 rings (SSSR count). The summed E-state index contributed by atoms with van der Waals surface area (Å²) in [5, 5.41) is 11.7. The molecule has 1 heterocycles. The normalized spacial score (nSPS) is 44.2. The molecule has 1 aliphatic heterocycles. The Balaban J connectivity index is 1.84. The Morgan fingerprint density at radius 2 is 2.00 bits per heavy atom. The molecule has 4 aliphatic rings. The van der Waals surface area contributed by atoms with Gasteiger partial charge in [-0.2, -0.15) is 0 Å². The van der Waals surface area contributed by atoms with Gasteiger partial charge in [0.05, 0.1) is 18.3 Å². The van der Waals surface area contributed by atoms with Crippen LogP contribution in [0.3, 0.4) is 0 Å². The fourth-order valence-corrected chi connectivity index (χ4v) is 6.09. The van der Waals surface area contributed by atoms with Crippen molar-refractivity contribution in [3.63, 3.8) is 0 Å². The van der Waals surface area contributed by atoms with Crippen molar-refractivity contribution in [1.29, 1.82) is 0 Å². The second-order valence-corrected chi connectivity index (χ2v) is 9.33. The Bertz CT molecular complexity index is 678. The molecule has 3 aliphatic carbocycles. The van der Waals surface area contributed by atoms with E-state index in [1.807, 2.05) is 20.8 Å². The van der Waals surface area contributed by atoms with Gasteiger partial charge in [-0.1, -0.05) is 19.4 Å². The SMILES string of the molecule is CC(=O)O[C@H]1C(=O)[C@H]2CC[C@H]3OCC3C2C[C@]2(O)CCC(C)=C1C2(C)C. The Morgan fingerprint density at radius 1 is 1.27 bits per heavy atom. The lowest BCUT2D eigenvalue weighted by molar-refractivity contribution is -0.201. The van der Waals surface area contributed by atoms with Gasteiger partial charge in [0.15, 0.2) is 11.9 Å². The number of esters is 1. The van der Waals surface area contributed by atoms with Gasteiger partial charge in [0.2, 0.25) is 0 Å². The summed E-state index contributed by atoms with van der Waals surface area (Å²) >= 11 is 0. The van der Waals surface area contributed by atoms with Gasteiger partial charge in [0.1, 0.15) is 0 Å². The van der Waals surface area contributed by atoms with Crippen molar-refractivity contribution in [2.45, 2.75) is 77.6 Å². The number of hydrogen-bond acceptors (Lipinski definition) is 5. The summed E-state index contributed by atoms with van der Waals surface area (Å²) in [6.45, 7) is 8.06. The molecule has 26 heavy (non-hydrogen) atoms. The predicted octanol–water partition coefficient (Wildman–Crippen LogP) is 2.80. The monoisotopic (exact) mass is 362 g/mol. The molecule has 2 bridgehead atoms. The first-order chi connectivity index (χ1) is 12.2. The molecule has 0 radical (unpaired) electrons. The first-order valence-electron chi connectivity index (χ1n) is 9.91. The highest BCUT2D eigenvalue weighted by molar-refractivity contribution is 5.91. The number of Topliss-reactive ketones (excluding diaryl/α,β-unsaturated/α-hetero) is 1. The molecular formula is C21H30O5. The lowest BCUT2D eigenvalue weighted by Crippen LogP contribution is -2.61. The van der Waals surface area contributed by atoms with Crippen LogP contribution in [-0.4, -0.2) is 41.3 Å². The average molecular weight is 362 g/mol. The number of ether oxygens (including phenoxy) is 2. The molecule has 144 valence electrons. The highest BCUT2D eigenvalue weighted by atomic mass is 16.5. The molecule has 2 saturated carbocycles. The van der Waals surface area contributed by atoms with Crippen LogP contribution in [0.25, 0.3) is 0 Å². The third-order valence-corrected chi connectivity index (χ3v) is 7.76. The number of rotatable bonds is 1. The molecule has 0 aromatic rings. The minimum absolute atomic E-state index is 0.0296. The number of fused-ring (bicyclic) bond motifs is 5. The lowest BCUT2D eigenvalue weighted by atomic mass is 9.52. The van der Waals surface area contributed by atoms with Crippen LogP contribution in [0.5, 0.6) is 0 Å². The summed E-state index contributed by atoms with van der Waals surface area (Å²) in [6, 6.07) is 0. The Kier molecular flexibility index (Phi) is 4.12. The van der Waals surface area contributed by atoms with Crippen LogP contribution in [0, 0.1) is 23.2 Å². The summed E-state index contributed by atoms with van der Waals surface area (Å²) < 4.78 is 11.3. The maximum atomic E-state index is 13.5. The van der Waals surface area contributed by atoms with Crippen molar-refractivity contribution in [2.75, 3.05) is 6.61 Å². The van der Waals surface area contributed by atoms with E-state index in [1.54, 1.807) is 0 Å². The number of ketones is 1. The molecule has 3 fully saturated rings. The maximum absolute atomic E-state index is 13.5. The highest BCUT2D eigenvalue weighted by Gasteiger charge is 2.60. The summed E-state index contributed by atoms with van der Waals surface area (Å²) in [4.78, 5) is 25.4. The highest BCUT2D eigenvalue weighted by Crippen LogP contribution is 2.57. The number of carbonyl (C=O) groups excluding carboxylic acids is 2. The number of carbonyl (C=O) groups is 2. The smallest absolute Gasteiger partial charge is 0.303 e. The number of aliphatic hydroxyl groups is 1. The lowest BCUT2D eigenvalue weighted by Gasteiger charge is -2.57. The summed E-state index contributed by atoms with van der Waals surface area (Å²) in [7, 11) is 0. The second kappa shape index (κ2) is 5.90. The summed E-state index contributed by atoms with van der Waals surface area (Å²) in [5.41, 5.74) is 0.421. The van der Waals surface area contributed by atoms with Crippen LogP contribution in [0.2, 0.25) is 0 Å². The molecule has 6 atom stereocenters. The van der Waals surface area contributed by atoms with E-state index in [2.05, 4.69) is 0 Å². The topological polar surface area (TPSA) is 72.8 Å². The Morgan fingerprint density at radius 3 is 2.62 bits per heavy atom. The Hall–Kier alpha value is -1.20. The molecule has 0 amide bonds. The zero-order chi connectivity index (χ0) is 18.9. The summed E-state index contributed by atoms with van der Waals surface area (Å²) in [5.74, 6) is -0.123. The standard InChI is InChI=1S/C21H30O5/c1-11-7-8-21(24)9-14-13(5-6-16-15(14)10-25-16)18(23)19(26-12(2)22)17(11)20(21,3)4/h13-16,19,24H,5-10H2,1-4H3/t13-,14?,15?,16+,19+,21+/m0/s1. The van der Waals surface area contributed by atoms with E-state index in [-0.39, 0.29) is 23.7 Å². The van der Waals surface area contributed by atoms with E-state index in [1.165, 1.54) is 6.92 Å². The first-order valence-corrected chi connectivity index (χ1v) is 9.91. The van der Waals surface area contributed by atoms with E-state index in [9.17, 15) is 14.7 Å². The van der Waals surface area contributed by atoms with Gasteiger partial charge in [-0.25, -0.2) is 0 Å². The molecule has 5 nitrogen and oxygen atoms in total. The second-order valence-electron chi connectivity index (χ2n) is 9.33. The van der Waals surface area contributed by atoms with Crippen molar-refractivity contribution in [3.05, 3.63) is 11.1 Å². The maximum Gasteiger partial charge on any atom is 0.303 e.